The average Bonchev–Trinajstić information content (AvgIpc) is 2.50. The number of aliphatic carboxylic acids is 1. The molecule has 1 unspecified atom stereocenters. The zero-order valence-corrected chi connectivity index (χ0v) is 13.5. The number of hydrogen-bond acceptors (Lipinski definition) is 4. The van der Waals surface area contributed by atoms with Crippen LogP contribution < -0.4 is 5.32 Å². The molecule has 0 aromatic rings. The molecule has 1 amide bonds. The minimum Gasteiger partial charge on any atom is -0.481 e. The van der Waals surface area contributed by atoms with Gasteiger partial charge in [-0.3, -0.25) is 14.5 Å². The Kier molecular flexibility index (Phi) is 7.67. The lowest BCUT2D eigenvalue weighted by Crippen LogP contribution is -2.55. The molecule has 0 spiro atoms. The van der Waals surface area contributed by atoms with Crippen molar-refractivity contribution in [1.29, 1.82) is 0 Å². The van der Waals surface area contributed by atoms with Crippen molar-refractivity contribution in [3.63, 3.8) is 0 Å². The van der Waals surface area contributed by atoms with Gasteiger partial charge in [-0.05, 0) is 19.8 Å². The summed E-state index contributed by atoms with van der Waals surface area (Å²) in [5, 5.41) is 11.8. The summed E-state index contributed by atoms with van der Waals surface area (Å²) in [6.07, 6.45) is 2.10. The molecule has 6 nitrogen and oxygen atoms in total. The van der Waals surface area contributed by atoms with Crippen molar-refractivity contribution in [1.82, 2.24) is 15.1 Å². The van der Waals surface area contributed by atoms with Crippen LogP contribution in [0.2, 0.25) is 0 Å². The summed E-state index contributed by atoms with van der Waals surface area (Å²) >= 11 is 0. The summed E-state index contributed by atoms with van der Waals surface area (Å²) in [7, 11) is 0. The largest absolute Gasteiger partial charge is 0.481 e. The molecule has 1 rings (SSSR count). The van der Waals surface area contributed by atoms with E-state index in [1.165, 1.54) is 0 Å². The molecule has 6 heteroatoms. The highest BCUT2D eigenvalue weighted by molar-refractivity contribution is 5.81. The first-order valence-corrected chi connectivity index (χ1v) is 7.96. The van der Waals surface area contributed by atoms with Crippen LogP contribution in [0.5, 0.6) is 0 Å². The topological polar surface area (TPSA) is 72.9 Å². The number of carboxylic acids is 1. The van der Waals surface area contributed by atoms with E-state index in [0.717, 1.165) is 39.0 Å². The molecule has 1 atom stereocenters. The average molecular weight is 299 g/mol. The van der Waals surface area contributed by atoms with Crippen molar-refractivity contribution in [2.24, 2.45) is 0 Å². The van der Waals surface area contributed by atoms with Crippen LogP contribution in [-0.4, -0.2) is 71.6 Å². The zero-order chi connectivity index (χ0) is 15.8. The number of piperazine rings is 1. The van der Waals surface area contributed by atoms with Gasteiger partial charge < -0.3 is 15.3 Å². The Morgan fingerprint density at radius 3 is 2.19 bits per heavy atom. The van der Waals surface area contributed by atoms with Crippen molar-refractivity contribution in [2.45, 2.75) is 52.1 Å². The number of nitrogens with one attached hydrogen (secondary N) is 1. The third-order valence-corrected chi connectivity index (χ3v) is 4.31. The molecular formula is C15H29N3O3. The lowest BCUT2D eigenvalue weighted by molar-refractivity contribution is -0.137. The summed E-state index contributed by atoms with van der Waals surface area (Å²) in [6.45, 7) is 10.0. The second kappa shape index (κ2) is 9.00. The summed E-state index contributed by atoms with van der Waals surface area (Å²) < 4.78 is 0. The zero-order valence-electron chi connectivity index (χ0n) is 13.5. The van der Waals surface area contributed by atoms with E-state index < -0.39 is 5.97 Å². The SMILES string of the molecule is CCC(CC)NC(=O)C(C)N1CCN(CCC(=O)O)CC1. The lowest BCUT2D eigenvalue weighted by Gasteiger charge is -2.37. The first-order valence-electron chi connectivity index (χ1n) is 7.96. The number of rotatable bonds is 8. The van der Waals surface area contributed by atoms with Gasteiger partial charge in [0.25, 0.3) is 0 Å². The Hall–Kier alpha value is -1.14. The lowest BCUT2D eigenvalue weighted by atomic mass is 10.1. The minimum absolute atomic E-state index is 0.0997. The fourth-order valence-corrected chi connectivity index (χ4v) is 2.61. The highest BCUT2D eigenvalue weighted by Gasteiger charge is 2.26. The smallest absolute Gasteiger partial charge is 0.304 e. The van der Waals surface area contributed by atoms with E-state index in [1.807, 2.05) is 6.92 Å². The Bertz CT molecular complexity index is 337. The molecule has 0 saturated carbocycles. The van der Waals surface area contributed by atoms with E-state index in [4.69, 9.17) is 5.11 Å². The quantitative estimate of drug-likeness (QED) is 0.693. The highest BCUT2D eigenvalue weighted by atomic mass is 16.4. The molecule has 21 heavy (non-hydrogen) atoms. The third kappa shape index (κ3) is 6.01. The monoisotopic (exact) mass is 299 g/mol. The van der Waals surface area contributed by atoms with Crippen LogP contribution in [0.3, 0.4) is 0 Å². The number of carbonyl (C=O) groups is 2. The van der Waals surface area contributed by atoms with Gasteiger partial charge in [0.1, 0.15) is 0 Å². The molecule has 0 radical (unpaired) electrons. The molecule has 1 heterocycles. The first-order chi connectivity index (χ1) is 9.97. The Labute approximate surface area is 127 Å². The summed E-state index contributed by atoms with van der Waals surface area (Å²) in [6, 6.07) is 0.143. The Morgan fingerprint density at radius 2 is 1.71 bits per heavy atom. The molecule has 0 aliphatic carbocycles. The van der Waals surface area contributed by atoms with Gasteiger partial charge in [-0.1, -0.05) is 13.8 Å². The highest BCUT2D eigenvalue weighted by Crippen LogP contribution is 2.08. The number of nitrogens with zero attached hydrogens (tertiary/aromatic N) is 2. The second-order valence-corrected chi connectivity index (χ2v) is 5.72. The van der Waals surface area contributed by atoms with Gasteiger partial charge in [-0.25, -0.2) is 0 Å². The van der Waals surface area contributed by atoms with Crippen molar-refractivity contribution in [2.75, 3.05) is 32.7 Å². The number of hydrogen-bond donors (Lipinski definition) is 2. The molecule has 0 aromatic carbocycles. The summed E-state index contributed by atoms with van der Waals surface area (Å²) in [4.78, 5) is 27.1. The third-order valence-electron chi connectivity index (χ3n) is 4.31. The van der Waals surface area contributed by atoms with Gasteiger partial charge >= 0.3 is 5.97 Å². The van der Waals surface area contributed by atoms with E-state index in [0.29, 0.717) is 6.54 Å². The van der Waals surface area contributed by atoms with Gasteiger partial charge in [-0.15, -0.1) is 0 Å². The predicted octanol–water partition coefficient (Wildman–Crippen LogP) is 0.772. The molecular weight excluding hydrogens is 270 g/mol. The standard InChI is InChI=1S/C15H29N3O3/c1-4-13(5-2)16-15(21)12(3)18-10-8-17(9-11-18)7-6-14(19)20/h12-13H,4-11H2,1-3H3,(H,16,21)(H,19,20). The Balaban J connectivity index is 2.35. The van der Waals surface area contributed by atoms with E-state index in [1.54, 1.807) is 0 Å². The van der Waals surface area contributed by atoms with Crippen LogP contribution in [0, 0.1) is 0 Å². The molecule has 1 aliphatic heterocycles. The molecule has 0 aromatic heterocycles. The number of carboxylic acid groups (broad SMARTS) is 1. The fourth-order valence-electron chi connectivity index (χ4n) is 2.61. The molecule has 1 saturated heterocycles. The molecule has 1 aliphatic rings. The van der Waals surface area contributed by atoms with Crippen molar-refractivity contribution >= 4 is 11.9 Å². The fraction of sp³-hybridized carbons (Fsp3) is 0.867. The van der Waals surface area contributed by atoms with Crippen molar-refractivity contribution in [3.8, 4) is 0 Å². The minimum atomic E-state index is -0.754. The molecule has 1 fully saturated rings. The van der Waals surface area contributed by atoms with Crippen LogP contribution in [0.15, 0.2) is 0 Å². The maximum absolute atomic E-state index is 12.2. The number of carbonyl (C=O) groups excluding carboxylic acids is 1. The van der Waals surface area contributed by atoms with Gasteiger partial charge in [-0.2, -0.15) is 0 Å². The van der Waals surface area contributed by atoms with E-state index in [2.05, 4.69) is 29.0 Å². The molecule has 122 valence electrons. The van der Waals surface area contributed by atoms with E-state index in [-0.39, 0.29) is 24.4 Å². The summed E-state index contributed by atoms with van der Waals surface area (Å²) in [5.41, 5.74) is 0. The Morgan fingerprint density at radius 1 is 1.14 bits per heavy atom. The maximum Gasteiger partial charge on any atom is 0.304 e. The summed E-state index contributed by atoms with van der Waals surface area (Å²) in [5.74, 6) is -0.655. The van der Waals surface area contributed by atoms with E-state index >= 15 is 0 Å². The van der Waals surface area contributed by atoms with Gasteiger partial charge in [0.15, 0.2) is 0 Å². The molecule has 0 bridgehead atoms. The van der Waals surface area contributed by atoms with Crippen LogP contribution >= 0.6 is 0 Å². The normalized spacial score (nSPS) is 18.7. The molecule has 2 N–H and O–H groups in total. The van der Waals surface area contributed by atoms with Crippen molar-refractivity contribution < 1.29 is 14.7 Å². The van der Waals surface area contributed by atoms with Crippen LogP contribution in [0.25, 0.3) is 0 Å². The van der Waals surface area contributed by atoms with Gasteiger partial charge in [0.2, 0.25) is 5.91 Å². The van der Waals surface area contributed by atoms with Gasteiger partial charge in [0.05, 0.1) is 12.5 Å². The van der Waals surface area contributed by atoms with Crippen LogP contribution in [0.1, 0.15) is 40.0 Å². The maximum atomic E-state index is 12.2. The first kappa shape index (κ1) is 17.9. The van der Waals surface area contributed by atoms with Crippen LogP contribution in [0.4, 0.5) is 0 Å². The van der Waals surface area contributed by atoms with E-state index in [9.17, 15) is 9.59 Å². The van der Waals surface area contributed by atoms with Crippen molar-refractivity contribution in [3.05, 3.63) is 0 Å². The predicted molar refractivity (Wildman–Crippen MR) is 82.2 cm³/mol. The van der Waals surface area contributed by atoms with Gasteiger partial charge in [0, 0.05) is 38.8 Å². The van der Waals surface area contributed by atoms with Crippen LogP contribution in [-0.2, 0) is 9.59 Å². The second-order valence-electron chi connectivity index (χ2n) is 5.72. The number of amides is 1.